The van der Waals surface area contributed by atoms with Crippen LogP contribution in [0.1, 0.15) is 34.3 Å². The summed E-state index contributed by atoms with van der Waals surface area (Å²) in [6.45, 7) is 0.632. The summed E-state index contributed by atoms with van der Waals surface area (Å²) in [7, 11) is 0. The van der Waals surface area contributed by atoms with Crippen LogP contribution in [-0.4, -0.2) is 33.5 Å². The fourth-order valence-corrected chi connectivity index (χ4v) is 4.48. The number of nitrogens with zero attached hydrogens (tertiary/aromatic N) is 2. The number of aromatic amines is 1. The number of carbonyl (C=O) groups excluding carboxylic acids is 1. The van der Waals surface area contributed by atoms with E-state index in [2.05, 4.69) is 9.97 Å². The number of hydrogen-bond acceptors (Lipinski definition) is 3. The molecule has 2 aromatic carbocycles. The number of nitrogens with one attached hydrogen (secondary N) is 1. The predicted octanol–water partition coefficient (Wildman–Crippen LogP) is 3.17. The number of carboxylic acids is 1. The zero-order valence-electron chi connectivity index (χ0n) is 14.7. The number of carboxylic acid groups (broad SMARTS) is 1. The number of imidazole rings is 1. The first-order valence-corrected chi connectivity index (χ1v) is 9.18. The average Bonchev–Trinajstić information content (AvgIpc) is 3.23. The van der Waals surface area contributed by atoms with E-state index >= 15 is 0 Å². The highest BCUT2D eigenvalue weighted by atomic mass is 16.4. The molecule has 1 fully saturated rings. The summed E-state index contributed by atoms with van der Waals surface area (Å²) < 4.78 is 0. The second-order valence-electron chi connectivity index (χ2n) is 7.53. The monoisotopic (exact) mass is 361 g/mol. The number of aromatic nitrogens is 2. The number of rotatable bonds is 2. The van der Waals surface area contributed by atoms with E-state index in [0.29, 0.717) is 18.9 Å². The second kappa shape index (κ2) is 5.67. The smallest absolute Gasteiger partial charge is 0.335 e. The summed E-state index contributed by atoms with van der Waals surface area (Å²) in [5.74, 6) is -0.241. The number of H-pyrrole nitrogens is 1. The van der Waals surface area contributed by atoms with E-state index in [4.69, 9.17) is 0 Å². The standard InChI is InChI=1S/C21H19N3O3/c25-18(26)14-6-5-13-7-8-21(12-15(13)11-14)9-10-24(19(21)27)20-22-16-3-1-2-4-17(16)23-20/h1-6,11H,7-10,12H2,(H,22,23)(H,25,26)/t21-/m0/s1. The Balaban J connectivity index is 1.47. The summed E-state index contributed by atoms with van der Waals surface area (Å²) >= 11 is 0. The molecule has 136 valence electrons. The molecule has 1 aliphatic carbocycles. The third-order valence-electron chi connectivity index (χ3n) is 6.00. The van der Waals surface area contributed by atoms with Gasteiger partial charge in [-0.05, 0) is 61.1 Å². The molecule has 0 saturated carbocycles. The van der Waals surface area contributed by atoms with E-state index in [-0.39, 0.29) is 11.5 Å². The van der Waals surface area contributed by atoms with Gasteiger partial charge in [-0.2, -0.15) is 0 Å². The lowest BCUT2D eigenvalue weighted by atomic mass is 9.70. The van der Waals surface area contributed by atoms with Gasteiger partial charge in [0.05, 0.1) is 22.0 Å². The molecule has 1 aliphatic heterocycles. The van der Waals surface area contributed by atoms with Crippen molar-refractivity contribution in [2.45, 2.75) is 25.7 Å². The molecular weight excluding hydrogens is 342 g/mol. The summed E-state index contributed by atoms with van der Waals surface area (Å²) in [5, 5.41) is 9.27. The van der Waals surface area contributed by atoms with Crippen molar-refractivity contribution >= 4 is 28.9 Å². The molecule has 1 atom stereocenters. The quantitative estimate of drug-likeness (QED) is 0.734. The van der Waals surface area contributed by atoms with Crippen molar-refractivity contribution in [1.82, 2.24) is 9.97 Å². The highest BCUT2D eigenvalue weighted by Crippen LogP contribution is 2.44. The molecule has 1 aromatic heterocycles. The van der Waals surface area contributed by atoms with E-state index < -0.39 is 11.4 Å². The molecule has 0 radical (unpaired) electrons. The molecule has 1 spiro atoms. The number of carbonyl (C=O) groups is 2. The molecule has 5 rings (SSSR count). The number of aryl methyl sites for hydroxylation is 1. The molecule has 0 unspecified atom stereocenters. The molecule has 2 aliphatic rings. The number of anilines is 1. The van der Waals surface area contributed by atoms with Gasteiger partial charge in [0.1, 0.15) is 0 Å². The maximum atomic E-state index is 13.3. The van der Waals surface area contributed by atoms with Crippen molar-refractivity contribution in [2.75, 3.05) is 11.4 Å². The third kappa shape index (κ3) is 2.44. The Morgan fingerprint density at radius 1 is 1.15 bits per heavy atom. The first-order valence-electron chi connectivity index (χ1n) is 9.18. The fourth-order valence-electron chi connectivity index (χ4n) is 4.48. The second-order valence-corrected chi connectivity index (χ2v) is 7.53. The van der Waals surface area contributed by atoms with Gasteiger partial charge in [-0.1, -0.05) is 18.2 Å². The van der Waals surface area contributed by atoms with Crippen molar-refractivity contribution in [3.63, 3.8) is 0 Å². The van der Waals surface area contributed by atoms with Gasteiger partial charge in [0.25, 0.3) is 0 Å². The highest BCUT2D eigenvalue weighted by molar-refractivity contribution is 6.00. The van der Waals surface area contributed by atoms with Crippen molar-refractivity contribution in [3.8, 4) is 0 Å². The number of para-hydroxylation sites is 2. The number of aromatic carboxylic acids is 1. The molecule has 27 heavy (non-hydrogen) atoms. The van der Waals surface area contributed by atoms with Gasteiger partial charge >= 0.3 is 5.97 Å². The van der Waals surface area contributed by atoms with Gasteiger partial charge in [0.2, 0.25) is 11.9 Å². The molecule has 0 bridgehead atoms. The molecule has 2 heterocycles. The first-order chi connectivity index (χ1) is 13.1. The Morgan fingerprint density at radius 3 is 2.81 bits per heavy atom. The van der Waals surface area contributed by atoms with E-state index in [1.165, 1.54) is 0 Å². The number of benzene rings is 2. The molecule has 1 amide bonds. The van der Waals surface area contributed by atoms with Crippen LogP contribution in [0.2, 0.25) is 0 Å². The van der Waals surface area contributed by atoms with Gasteiger partial charge in [0.15, 0.2) is 0 Å². The van der Waals surface area contributed by atoms with Crippen LogP contribution < -0.4 is 4.90 Å². The number of fused-ring (bicyclic) bond motifs is 2. The van der Waals surface area contributed by atoms with E-state index in [9.17, 15) is 14.7 Å². The Bertz CT molecular complexity index is 1050. The van der Waals surface area contributed by atoms with Crippen molar-refractivity contribution in [2.24, 2.45) is 5.41 Å². The fraction of sp³-hybridized carbons (Fsp3) is 0.286. The Labute approximate surface area is 155 Å². The summed E-state index contributed by atoms with van der Waals surface area (Å²) in [4.78, 5) is 34.2. The molecule has 3 aromatic rings. The molecule has 2 N–H and O–H groups in total. The predicted molar refractivity (Wildman–Crippen MR) is 101 cm³/mol. The van der Waals surface area contributed by atoms with Crippen LogP contribution in [0.3, 0.4) is 0 Å². The Kier molecular flexibility index (Phi) is 3.37. The van der Waals surface area contributed by atoms with E-state index in [1.54, 1.807) is 17.0 Å². The van der Waals surface area contributed by atoms with Crippen molar-refractivity contribution in [1.29, 1.82) is 0 Å². The van der Waals surface area contributed by atoms with Crippen LogP contribution in [0.4, 0.5) is 5.95 Å². The Hall–Kier alpha value is -3.15. The van der Waals surface area contributed by atoms with Crippen LogP contribution in [0, 0.1) is 5.41 Å². The average molecular weight is 361 g/mol. The van der Waals surface area contributed by atoms with Gasteiger partial charge < -0.3 is 10.1 Å². The lowest BCUT2D eigenvalue weighted by molar-refractivity contribution is -0.126. The highest BCUT2D eigenvalue weighted by Gasteiger charge is 2.49. The minimum atomic E-state index is -0.931. The van der Waals surface area contributed by atoms with Crippen LogP contribution in [0.15, 0.2) is 42.5 Å². The lowest BCUT2D eigenvalue weighted by Gasteiger charge is -2.33. The van der Waals surface area contributed by atoms with Gasteiger partial charge in [-0.15, -0.1) is 0 Å². The minimum Gasteiger partial charge on any atom is -0.478 e. The summed E-state index contributed by atoms with van der Waals surface area (Å²) in [6, 6.07) is 13.0. The van der Waals surface area contributed by atoms with Gasteiger partial charge in [-0.25, -0.2) is 9.78 Å². The van der Waals surface area contributed by atoms with Crippen LogP contribution in [0.25, 0.3) is 11.0 Å². The van der Waals surface area contributed by atoms with Gasteiger partial charge in [0, 0.05) is 6.54 Å². The molecular formula is C21H19N3O3. The van der Waals surface area contributed by atoms with E-state index in [1.807, 2.05) is 30.3 Å². The number of hydrogen-bond donors (Lipinski definition) is 2. The zero-order chi connectivity index (χ0) is 18.6. The largest absolute Gasteiger partial charge is 0.478 e. The van der Waals surface area contributed by atoms with Crippen molar-refractivity contribution in [3.05, 3.63) is 59.2 Å². The zero-order valence-corrected chi connectivity index (χ0v) is 14.7. The molecule has 6 heteroatoms. The Morgan fingerprint density at radius 2 is 2.00 bits per heavy atom. The normalized spacial score (nSPS) is 21.8. The summed E-state index contributed by atoms with van der Waals surface area (Å²) in [5.41, 5.74) is 3.73. The van der Waals surface area contributed by atoms with Crippen LogP contribution in [0.5, 0.6) is 0 Å². The van der Waals surface area contributed by atoms with Crippen molar-refractivity contribution < 1.29 is 14.7 Å². The maximum absolute atomic E-state index is 13.3. The number of amides is 1. The van der Waals surface area contributed by atoms with Crippen LogP contribution in [-0.2, 0) is 17.6 Å². The first kappa shape index (κ1) is 16.1. The van der Waals surface area contributed by atoms with E-state index in [0.717, 1.165) is 41.4 Å². The SMILES string of the molecule is O=C(O)c1ccc2c(c1)C[C@]1(CC2)CCN(c2nc3ccccc3[nH]2)C1=O. The van der Waals surface area contributed by atoms with Gasteiger partial charge in [-0.3, -0.25) is 9.69 Å². The minimum absolute atomic E-state index is 0.0907. The van der Waals surface area contributed by atoms with Crippen LogP contribution >= 0.6 is 0 Å². The molecule has 1 saturated heterocycles. The summed E-state index contributed by atoms with van der Waals surface area (Å²) in [6.07, 6.45) is 2.95. The molecule has 6 nitrogen and oxygen atoms in total. The third-order valence-corrected chi connectivity index (χ3v) is 6.00. The maximum Gasteiger partial charge on any atom is 0.335 e. The topological polar surface area (TPSA) is 86.3 Å². The lowest BCUT2D eigenvalue weighted by Crippen LogP contribution is -2.39.